The summed E-state index contributed by atoms with van der Waals surface area (Å²) in [5.41, 5.74) is 0.610. The predicted octanol–water partition coefficient (Wildman–Crippen LogP) is 2.03. The van der Waals surface area contributed by atoms with E-state index in [0.717, 1.165) is 12.8 Å². The maximum atomic E-state index is 12.2. The molecule has 1 heterocycles. The van der Waals surface area contributed by atoms with Crippen LogP contribution in [0.3, 0.4) is 0 Å². The number of aromatic nitrogens is 1. The fourth-order valence-corrected chi connectivity index (χ4v) is 3.40. The average Bonchev–Trinajstić information content (AvgIpc) is 2.73. The summed E-state index contributed by atoms with van der Waals surface area (Å²) in [6.45, 7) is 7.60. The molecule has 1 rings (SSSR count). The van der Waals surface area contributed by atoms with E-state index < -0.39 is 10.0 Å². The Kier molecular flexibility index (Phi) is 5.58. The Bertz CT molecular complexity index is 506. The largest absolute Gasteiger partial charge is 0.390 e. The van der Waals surface area contributed by atoms with Crippen molar-refractivity contribution in [2.75, 3.05) is 0 Å². The van der Waals surface area contributed by atoms with Crippen LogP contribution in [0.25, 0.3) is 0 Å². The molecule has 0 saturated carbocycles. The lowest BCUT2D eigenvalue weighted by Gasteiger charge is -2.12. The Labute approximate surface area is 115 Å². The van der Waals surface area contributed by atoms with Gasteiger partial charge in [-0.15, -0.1) is 0 Å². The van der Waals surface area contributed by atoms with Gasteiger partial charge in [-0.3, -0.25) is 0 Å². The molecule has 1 aromatic rings. The third-order valence-electron chi connectivity index (χ3n) is 3.01. The summed E-state index contributed by atoms with van der Waals surface area (Å²) in [5, 5.41) is 9.28. The lowest BCUT2D eigenvalue weighted by molar-refractivity contribution is 0.268. The minimum Gasteiger partial charge on any atom is -0.390 e. The zero-order valence-corrected chi connectivity index (χ0v) is 12.9. The second-order valence-corrected chi connectivity index (χ2v) is 6.85. The van der Waals surface area contributed by atoms with Crippen molar-refractivity contribution >= 4 is 10.0 Å². The maximum absolute atomic E-state index is 12.2. The normalized spacial score (nSPS) is 14.0. The molecule has 110 valence electrons. The Morgan fingerprint density at radius 1 is 1.37 bits per heavy atom. The van der Waals surface area contributed by atoms with Gasteiger partial charge in [-0.2, -0.15) is 0 Å². The van der Waals surface area contributed by atoms with Gasteiger partial charge in [0.05, 0.1) is 11.5 Å². The lowest BCUT2D eigenvalue weighted by atomic mass is 10.2. The summed E-state index contributed by atoms with van der Waals surface area (Å²) in [5.74, 6) is 0. The van der Waals surface area contributed by atoms with Crippen LogP contribution in [-0.4, -0.2) is 24.1 Å². The summed E-state index contributed by atoms with van der Waals surface area (Å²) in [6.07, 6.45) is 3.31. The number of hydrogen-bond acceptors (Lipinski definition) is 3. The third-order valence-corrected chi connectivity index (χ3v) is 4.57. The summed E-state index contributed by atoms with van der Waals surface area (Å²) >= 11 is 0. The molecule has 0 fully saturated rings. The second kappa shape index (κ2) is 6.54. The van der Waals surface area contributed by atoms with Crippen molar-refractivity contribution in [1.29, 1.82) is 0 Å². The summed E-state index contributed by atoms with van der Waals surface area (Å²) in [7, 11) is -3.51. The fourth-order valence-electron chi connectivity index (χ4n) is 2.08. The van der Waals surface area contributed by atoms with E-state index in [2.05, 4.69) is 4.72 Å². The smallest absolute Gasteiger partial charge is 0.242 e. The van der Waals surface area contributed by atoms with Gasteiger partial charge in [0.2, 0.25) is 10.0 Å². The first-order chi connectivity index (χ1) is 8.81. The van der Waals surface area contributed by atoms with Crippen molar-refractivity contribution in [3.8, 4) is 0 Å². The van der Waals surface area contributed by atoms with Crippen LogP contribution in [0.1, 0.15) is 52.3 Å². The zero-order valence-electron chi connectivity index (χ0n) is 12.0. The van der Waals surface area contributed by atoms with Crippen molar-refractivity contribution in [3.63, 3.8) is 0 Å². The van der Waals surface area contributed by atoms with Crippen molar-refractivity contribution in [1.82, 2.24) is 9.29 Å². The quantitative estimate of drug-likeness (QED) is 0.806. The molecule has 0 amide bonds. The minimum atomic E-state index is -3.51. The van der Waals surface area contributed by atoms with Crippen LogP contribution >= 0.6 is 0 Å². The average molecular weight is 288 g/mol. The van der Waals surface area contributed by atoms with Gasteiger partial charge >= 0.3 is 0 Å². The predicted molar refractivity (Wildman–Crippen MR) is 75.4 cm³/mol. The molecule has 0 spiro atoms. The van der Waals surface area contributed by atoms with E-state index in [4.69, 9.17) is 0 Å². The van der Waals surface area contributed by atoms with Crippen LogP contribution in [0.4, 0.5) is 0 Å². The van der Waals surface area contributed by atoms with Crippen molar-refractivity contribution < 1.29 is 13.5 Å². The number of rotatable bonds is 7. The van der Waals surface area contributed by atoms with E-state index in [1.807, 2.05) is 27.7 Å². The topological polar surface area (TPSA) is 71.3 Å². The maximum Gasteiger partial charge on any atom is 0.242 e. The van der Waals surface area contributed by atoms with Crippen molar-refractivity contribution in [3.05, 3.63) is 18.0 Å². The molecular formula is C13H24N2O3S. The van der Waals surface area contributed by atoms with Gasteiger partial charge in [0.1, 0.15) is 0 Å². The molecule has 0 bridgehead atoms. The molecule has 5 nitrogen and oxygen atoms in total. The molecule has 0 aliphatic heterocycles. The van der Waals surface area contributed by atoms with Gasteiger partial charge in [-0.1, -0.05) is 13.3 Å². The molecule has 0 aromatic carbocycles. The Hall–Kier alpha value is -0.850. The van der Waals surface area contributed by atoms with Gasteiger partial charge in [0, 0.05) is 24.0 Å². The van der Waals surface area contributed by atoms with Gasteiger partial charge in [0.25, 0.3) is 0 Å². The highest BCUT2D eigenvalue weighted by Crippen LogP contribution is 2.19. The summed E-state index contributed by atoms with van der Waals surface area (Å²) in [4.78, 5) is 0.216. The first-order valence-corrected chi connectivity index (χ1v) is 8.14. The highest BCUT2D eigenvalue weighted by molar-refractivity contribution is 7.89. The third kappa shape index (κ3) is 4.06. The first-order valence-electron chi connectivity index (χ1n) is 6.65. The van der Waals surface area contributed by atoms with Crippen LogP contribution in [0.15, 0.2) is 17.2 Å². The second-order valence-electron chi connectivity index (χ2n) is 5.14. The van der Waals surface area contributed by atoms with Gasteiger partial charge in [0.15, 0.2) is 0 Å². The van der Waals surface area contributed by atoms with Crippen LogP contribution in [-0.2, 0) is 16.6 Å². The van der Waals surface area contributed by atoms with E-state index in [9.17, 15) is 13.5 Å². The van der Waals surface area contributed by atoms with Crippen LogP contribution < -0.4 is 4.72 Å². The highest BCUT2D eigenvalue weighted by Gasteiger charge is 2.20. The number of nitrogens with zero attached hydrogens (tertiary/aromatic N) is 1. The molecule has 0 saturated heterocycles. The molecule has 0 aliphatic carbocycles. The molecule has 19 heavy (non-hydrogen) atoms. The standard InChI is InChI=1S/C13H24N2O3S/c1-5-6-11(4)14-19(17,18)13-7-12(9-16)15(8-13)10(2)3/h7-8,10-11,14,16H,5-6,9H2,1-4H3. The highest BCUT2D eigenvalue weighted by atomic mass is 32.2. The molecule has 1 aromatic heterocycles. The van der Waals surface area contributed by atoms with Crippen LogP contribution in [0, 0.1) is 0 Å². The molecule has 2 N–H and O–H groups in total. The Balaban J connectivity index is 3.02. The summed E-state index contributed by atoms with van der Waals surface area (Å²) < 4.78 is 28.9. The van der Waals surface area contributed by atoms with E-state index in [1.54, 1.807) is 10.8 Å². The number of sulfonamides is 1. The van der Waals surface area contributed by atoms with Gasteiger partial charge in [-0.25, -0.2) is 13.1 Å². The Morgan fingerprint density at radius 3 is 2.42 bits per heavy atom. The zero-order chi connectivity index (χ0) is 14.6. The molecular weight excluding hydrogens is 264 g/mol. The van der Waals surface area contributed by atoms with E-state index in [1.165, 1.54) is 6.07 Å². The molecule has 1 atom stereocenters. The SMILES string of the molecule is CCCC(C)NS(=O)(=O)c1cc(CO)n(C(C)C)c1. The monoisotopic (exact) mass is 288 g/mol. The van der Waals surface area contributed by atoms with E-state index >= 15 is 0 Å². The molecule has 0 aliphatic rings. The number of aliphatic hydroxyl groups excluding tert-OH is 1. The Morgan fingerprint density at radius 2 is 2.00 bits per heavy atom. The number of hydrogen-bond donors (Lipinski definition) is 2. The number of aliphatic hydroxyl groups is 1. The molecule has 0 radical (unpaired) electrons. The number of nitrogens with one attached hydrogen (secondary N) is 1. The van der Waals surface area contributed by atoms with Gasteiger partial charge in [-0.05, 0) is 33.3 Å². The molecule has 6 heteroatoms. The first kappa shape index (κ1) is 16.2. The fraction of sp³-hybridized carbons (Fsp3) is 0.692. The van der Waals surface area contributed by atoms with Crippen molar-refractivity contribution in [2.24, 2.45) is 0 Å². The molecule has 1 unspecified atom stereocenters. The van der Waals surface area contributed by atoms with Crippen LogP contribution in [0.5, 0.6) is 0 Å². The lowest BCUT2D eigenvalue weighted by Crippen LogP contribution is -2.32. The summed E-state index contributed by atoms with van der Waals surface area (Å²) in [6, 6.07) is 1.55. The van der Waals surface area contributed by atoms with Gasteiger partial charge < -0.3 is 9.67 Å². The van der Waals surface area contributed by atoms with E-state index in [-0.39, 0.29) is 23.6 Å². The van der Waals surface area contributed by atoms with Crippen LogP contribution in [0.2, 0.25) is 0 Å². The minimum absolute atomic E-state index is 0.0880. The van der Waals surface area contributed by atoms with E-state index in [0.29, 0.717) is 5.69 Å². The van der Waals surface area contributed by atoms with Crippen molar-refractivity contribution in [2.45, 2.75) is 64.1 Å².